The van der Waals surface area contributed by atoms with Crippen LogP contribution in [0.5, 0.6) is 0 Å². The van der Waals surface area contributed by atoms with E-state index in [1.807, 2.05) is 0 Å². The Morgan fingerprint density at radius 1 is 0.227 bits per heavy atom. The van der Waals surface area contributed by atoms with Crippen LogP contribution in [-0.2, 0) is 0 Å². The van der Waals surface area contributed by atoms with Crippen LogP contribution in [0.2, 0.25) is 0 Å². The Kier molecular flexibility index (Phi) is 7.91. The number of imidazole rings is 1. The van der Waals surface area contributed by atoms with Gasteiger partial charge in [0.2, 0.25) is 0 Å². The quantitative estimate of drug-likeness (QED) is 0.164. The maximum atomic E-state index is 5.44. The molecule has 0 saturated carbocycles. The lowest BCUT2D eigenvalue weighted by molar-refractivity contribution is 1.10. The molecule has 0 aliphatic carbocycles. The monoisotopic (exact) mass is 841 g/mol. The lowest BCUT2D eigenvalue weighted by Gasteiger charge is -2.18. The van der Waals surface area contributed by atoms with E-state index in [2.05, 4.69) is 255 Å². The van der Waals surface area contributed by atoms with Gasteiger partial charge in [0, 0.05) is 60.6 Å². The van der Waals surface area contributed by atoms with Crippen molar-refractivity contribution in [3.63, 3.8) is 0 Å². The Balaban J connectivity index is 1.12. The van der Waals surface area contributed by atoms with Crippen LogP contribution in [0.3, 0.4) is 0 Å². The van der Waals surface area contributed by atoms with E-state index in [0.717, 1.165) is 67.3 Å². The molecule has 10 aromatic carbocycles. The number of aromatic nitrogens is 5. The van der Waals surface area contributed by atoms with E-state index in [4.69, 9.17) is 4.98 Å². The summed E-state index contributed by atoms with van der Waals surface area (Å²) in [5.74, 6) is 0.882. The van der Waals surface area contributed by atoms with Crippen LogP contribution in [0.1, 0.15) is 0 Å². The van der Waals surface area contributed by atoms with Crippen LogP contribution >= 0.6 is 0 Å². The van der Waals surface area contributed by atoms with E-state index in [-0.39, 0.29) is 0 Å². The van der Waals surface area contributed by atoms with E-state index in [9.17, 15) is 0 Å². The van der Waals surface area contributed by atoms with Crippen molar-refractivity contribution in [2.24, 2.45) is 0 Å². The van der Waals surface area contributed by atoms with Gasteiger partial charge in [0.15, 0.2) is 0 Å². The van der Waals surface area contributed by atoms with Gasteiger partial charge < -0.3 is 13.7 Å². The van der Waals surface area contributed by atoms with Gasteiger partial charge in [-0.15, -0.1) is 0 Å². The van der Waals surface area contributed by atoms with E-state index in [0.29, 0.717) is 0 Å². The number of rotatable bonds is 6. The van der Waals surface area contributed by atoms with Crippen LogP contribution in [0.4, 0.5) is 0 Å². The molecule has 0 N–H and O–H groups in total. The molecule has 0 aliphatic rings. The Bertz CT molecular complexity index is 3940. The van der Waals surface area contributed by atoms with E-state index in [1.165, 1.54) is 54.4 Å². The van der Waals surface area contributed by atoms with Gasteiger partial charge in [-0.05, 0) is 108 Å². The van der Waals surface area contributed by atoms with Gasteiger partial charge >= 0.3 is 0 Å². The third kappa shape index (κ3) is 5.44. The lowest BCUT2D eigenvalue weighted by atomic mass is 9.99. The second-order valence-electron chi connectivity index (χ2n) is 17.2. The molecular weight excluding hydrogens is 803 g/mol. The first-order chi connectivity index (χ1) is 32.7. The van der Waals surface area contributed by atoms with Crippen LogP contribution in [0, 0.1) is 0 Å². The van der Waals surface area contributed by atoms with Gasteiger partial charge in [0.1, 0.15) is 5.82 Å². The highest BCUT2D eigenvalue weighted by Gasteiger charge is 2.21. The molecule has 308 valence electrons. The van der Waals surface area contributed by atoms with Crippen molar-refractivity contribution in [1.82, 2.24) is 23.3 Å². The number of para-hydroxylation sites is 9. The molecule has 0 radical (unpaired) electrons. The summed E-state index contributed by atoms with van der Waals surface area (Å²) in [7, 11) is 0. The fraction of sp³-hybridized carbons (Fsp3) is 0. The zero-order chi connectivity index (χ0) is 43.3. The molecule has 0 aliphatic heterocycles. The van der Waals surface area contributed by atoms with Crippen molar-refractivity contribution in [3.05, 3.63) is 237 Å². The molecule has 66 heavy (non-hydrogen) atoms. The first-order valence-corrected chi connectivity index (χ1v) is 22.5. The molecule has 14 rings (SSSR count). The molecular formula is C61H39N5. The minimum atomic E-state index is 0.882. The SMILES string of the molecule is c1ccc(-n2c(-c3cc(-c4cc(-n5c6ccccc6c6ccccc65)cc(-n5c6ccccc6c6ccccc65)c4)cc(-n4c5ccccc5c5ccccc54)c3)nc3ccccc32)cc1. The van der Waals surface area contributed by atoms with Crippen molar-refractivity contribution >= 4 is 76.5 Å². The first-order valence-electron chi connectivity index (χ1n) is 22.5. The molecule has 4 heterocycles. The van der Waals surface area contributed by atoms with E-state index in [1.54, 1.807) is 0 Å². The minimum Gasteiger partial charge on any atom is -0.309 e. The number of hydrogen-bond acceptors (Lipinski definition) is 1. The fourth-order valence-corrected chi connectivity index (χ4v) is 10.7. The summed E-state index contributed by atoms with van der Waals surface area (Å²) in [5.41, 5.74) is 16.5. The standard InChI is InChI=1S/C61H39N5/c1-2-18-43(19-3-1)66-60-33-17-10-26-53(60)62-61(66)42-34-40(35-44(38-42)63-54-27-11-4-20-47(54)48-21-5-12-28-55(48)63)41-36-45(64-56-29-13-6-22-49(56)50-23-7-14-30-57(50)64)39-46(37-41)65-58-31-15-8-24-51(58)52-25-9-16-32-59(52)65/h1-39H. The van der Waals surface area contributed by atoms with Gasteiger partial charge in [-0.2, -0.15) is 0 Å². The van der Waals surface area contributed by atoms with Crippen molar-refractivity contribution in [2.45, 2.75) is 0 Å². The van der Waals surface area contributed by atoms with Crippen molar-refractivity contribution in [2.75, 3.05) is 0 Å². The molecule has 0 unspecified atom stereocenters. The summed E-state index contributed by atoms with van der Waals surface area (Å²) in [5, 5.41) is 7.36. The molecule has 0 amide bonds. The minimum absolute atomic E-state index is 0.882. The first kappa shape index (κ1) is 36.5. The molecule has 0 bridgehead atoms. The summed E-state index contributed by atoms with van der Waals surface area (Å²) in [6.07, 6.45) is 0. The van der Waals surface area contributed by atoms with E-state index >= 15 is 0 Å². The normalized spacial score (nSPS) is 11.9. The zero-order valence-corrected chi connectivity index (χ0v) is 35.8. The Morgan fingerprint density at radius 3 is 0.970 bits per heavy atom. The van der Waals surface area contributed by atoms with Crippen LogP contribution < -0.4 is 0 Å². The topological polar surface area (TPSA) is 32.6 Å². The van der Waals surface area contributed by atoms with Crippen molar-refractivity contribution in [1.29, 1.82) is 0 Å². The summed E-state index contributed by atoms with van der Waals surface area (Å²) in [6, 6.07) is 85.9. The number of fused-ring (bicyclic) bond motifs is 10. The van der Waals surface area contributed by atoms with Crippen LogP contribution in [-0.4, -0.2) is 23.3 Å². The molecule has 0 fully saturated rings. The van der Waals surface area contributed by atoms with Crippen molar-refractivity contribution < 1.29 is 0 Å². The van der Waals surface area contributed by atoms with Gasteiger partial charge in [0.25, 0.3) is 0 Å². The van der Waals surface area contributed by atoms with Crippen molar-refractivity contribution in [3.8, 4) is 45.3 Å². The van der Waals surface area contributed by atoms with Gasteiger partial charge in [-0.25, -0.2) is 4.98 Å². The molecule has 0 saturated heterocycles. The number of hydrogen-bond donors (Lipinski definition) is 0. The third-order valence-corrected chi connectivity index (χ3v) is 13.5. The summed E-state index contributed by atoms with van der Waals surface area (Å²) in [6.45, 7) is 0. The second-order valence-corrected chi connectivity index (χ2v) is 17.2. The maximum Gasteiger partial charge on any atom is 0.145 e. The molecule has 5 nitrogen and oxygen atoms in total. The highest BCUT2D eigenvalue weighted by molar-refractivity contribution is 6.12. The van der Waals surface area contributed by atoms with Gasteiger partial charge in [-0.1, -0.05) is 140 Å². The second kappa shape index (κ2) is 14.3. The molecule has 4 aromatic heterocycles. The number of benzene rings is 10. The van der Waals surface area contributed by atoms with Crippen LogP contribution in [0.25, 0.3) is 122 Å². The molecule has 14 aromatic rings. The van der Waals surface area contributed by atoms with Crippen LogP contribution in [0.15, 0.2) is 237 Å². The fourth-order valence-electron chi connectivity index (χ4n) is 10.7. The smallest absolute Gasteiger partial charge is 0.145 e. The average molecular weight is 842 g/mol. The highest BCUT2D eigenvalue weighted by atomic mass is 15.1. The molecule has 0 atom stereocenters. The molecule has 5 heteroatoms. The highest BCUT2D eigenvalue weighted by Crippen LogP contribution is 2.41. The average Bonchev–Trinajstić information content (AvgIpc) is 4.13. The summed E-state index contributed by atoms with van der Waals surface area (Å²) in [4.78, 5) is 5.44. The Morgan fingerprint density at radius 2 is 0.545 bits per heavy atom. The summed E-state index contributed by atoms with van der Waals surface area (Å²) < 4.78 is 9.62. The zero-order valence-electron chi connectivity index (χ0n) is 35.8. The summed E-state index contributed by atoms with van der Waals surface area (Å²) >= 11 is 0. The van der Waals surface area contributed by atoms with Gasteiger partial charge in [-0.3, -0.25) is 4.57 Å². The predicted octanol–water partition coefficient (Wildman–Crippen LogP) is 15.7. The third-order valence-electron chi connectivity index (χ3n) is 13.5. The predicted molar refractivity (Wildman–Crippen MR) is 275 cm³/mol. The van der Waals surface area contributed by atoms with Gasteiger partial charge in [0.05, 0.1) is 44.1 Å². The Hall–Kier alpha value is -8.93. The lowest BCUT2D eigenvalue weighted by Crippen LogP contribution is -2.02. The number of nitrogens with zero attached hydrogens (tertiary/aromatic N) is 5. The largest absolute Gasteiger partial charge is 0.309 e. The Labute approximate surface area is 379 Å². The molecule has 0 spiro atoms. The van der Waals surface area contributed by atoms with E-state index < -0.39 is 0 Å². The maximum absolute atomic E-state index is 5.44.